The van der Waals surface area contributed by atoms with Crippen molar-refractivity contribution in [2.75, 3.05) is 54.9 Å². The highest BCUT2D eigenvalue weighted by Gasteiger charge is 2.26. The number of halogens is 1. The highest BCUT2D eigenvalue weighted by atomic mass is 35.5. The first-order valence-electron chi connectivity index (χ1n) is 11.6. The molecular formula is C26H28ClN5O4S. The normalized spacial score (nSPS) is 13.7. The summed E-state index contributed by atoms with van der Waals surface area (Å²) in [4.78, 5) is 8.97. The van der Waals surface area contributed by atoms with E-state index in [0.717, 1.165) is 18.8 Å². The summed E-state index contributed by atoms with van der Waals surface area (Å²) in [6.07, 6.45) is 0. The fourth-order valence-electron chi connectivity index (χ4n) is 4.37. The molecule has 0 unspecified atom stereocenters. The summed E-state index contributed by atoms with van der Waals surface area (Å²) in [7, 11) is -1.07. The number of ether oxygens (including phenoxy) is 2. The number of benzene rings is 2. The van der Waals surface area contributed by atoms with Gasteiger partial charge in [0.25, 0.3) is 10.0 Å². The Balaban J connectivity index is 1.60. The van der Waals surface area contributed by atoms with Gasteiger partial charge in [-0.2, -0.15) is 5.26 Å². The van der Waals surface area contributed by atoms with Gasteiger partial charge in [0.1, 0.15) is 11.9 Å². The summed E-state index contributed by atoms with van der Waals surface area (Å²) in [6.45, 7) is 6.24. The third-order valence-electron chi connectivity index (χ3n) is 6.38. The van der Waals surface area contributed by atoms with Gasteiger partial charge < -0.3 is 19.3 Å². The second-order valence-electron chi connectivity index (χ2n) is 8.58. The number of rotatable bonds is 7. The molecule has 11 heteroatoms. The van der Waals surface area contributed by atoms with Gasteiger partial charge in [0.15, 0.2) is 11.5 Å². The van der Waals surface area contributed by atoms with Gasteiger partial charge >= 0.3 is 0 Å². The fourth-order valence-corrected chi connectivity index (χ4v) is 5.76. The highest BCUT2D eigenvalue weighted by Crippen LogP contribution is 2.34. The highest BCUT2D eigenvalue weighted by molar-refractivity contribution is 7.92. The number of nitrogens with zero attached hydrogens (tertiary/aromatic N) is 4. The van der Waals surface area contributed by atoms with E-state index in [-0.39, 0.29) is 10.6 Å². The smallest absolute Gasteiger partial charge is 0.262 e. The molecule has 37 heavy (non-hydrogen) atoms. The van der Waals surface area contributed by atoms with Gasteiger partial charge in [-0.1, -0.05) is 17.7 Å². The lowest BCUT2D eigenvalue weighted by atomic mass is 10.1. The number of hydrogen-bond donors (Lipinski definition) is 1. The van der Waals surface area contributed by atoms with Crippen molar-refractivity contribution in [3.8, 4) is 17.6 Å². The standard InChI is InChI=1S/C26H28ClN5O4S/c1-17-22(16-28)26(32-12-10-31(11-13-32)20-7-5-6-19(27)14-20)29-18(2)25(17)30-37(33,34)21-8-9-23(35-3)24(15-21)36-4/h5-9,14-15,30H,10-13H2,1-4H3. The lowest BCUT2D eigenvalue weighted by molar-refractivity contribution is 0.354. The molecule has 1 fully saturated rings. The number of aromatic nitrogens is 1. The van der Waals surface area contributed by atoms with Crippen LogP contribution in [0, 0.1) is 25.2 Å². The van der Waals surface area contributed by atoms with Crippen molar-refractivity contribution in [3.05, 3.63) is 64.3 Å². The van der Waals surface area contributed by atoms with E-state index in [0.29, 0.717) is 52.2 Å². The van der Waals surface area contributed by atoms with Gasteiger partial charge in [-0.25, -0.2) is 13.4 Å². The lowest BCUT2D eigenvalue weighted by Crippen LogP contribution is -2.47. The average molecular weight is 542 g/mol. The molecule has 1 aromatic heterocycles. The zero-order chi connectivity index (χ0) is 26.7. The maximum Gasteiger partial charge on any atom is 0.262 e. The number of anilines is 3. The van der Waals surface area contributed by atoms with E-state index >= 15 is 0 Å². The molecule has 0 radical (unpaired) electrons. The molecule has 3 aromatic rings. The van der Waals surface area contributed by atoms with E-state index < -0.39 is 10.0 Å². The number of nitrogens with one attached hydrogen (secondary N) is 1. The van der Waals surface area contributed by atoms with Gasteiger partial charge in [0.05, 0.1) is 36.1 Å². The van der Waals surface area contributed by atoms with Crippen molar-refractivity contribution in [2.24, 2.45) is 0 Å². The first-order chi connectivity index (χ1) is 17.7. The largest absolute Gasteiger partial charge is 0.493 e. The Morgan fingerprint density at radius 3 is 2.30 bits per heavy atom. The molecule has 0 aliphatic carbocycles. The minimum Gasteiger partial charge on any atom is -0.493 e. The summed E-state index contributed by atoms with van der Waals surface area (Å²) in [6, 6.07) is 14.3. The number of piperazine rings is 1. The van der Waals surface area contributed by atoms with E-state index in [1.165, 1.54) is 32.4 Å². The molecule has 4 rings (SSSR count). The van der Waals surface area contributed by atoms with Crippen LogP contribution in [0.3, 0.4) is 0 Å². The second kappa shape index (κ2) is 10.7. The number of hydrogen-bond acceptors (Lipinski definition) is 8. The molecule has 0 saturated carbocycles. The number of aryl methyl sites for hydroxylation is 1. The van der Waals surface area contributed by atoms with Crippen LogP contribution in [0.25, 0.3) is 0 Å². The average Bonchev–Trinajstić information content (AvgIpc) is 2.90. The van der Waals surface area contributed by atoms with Crippen LogP contribution in [0.1, 0.15) is 16.8 Å². The summed E-state index contributed by atoms with van der Waals surface area (Å²) in [5.74, 6) is 1.27. The first kappa shape index (κ1) is 26.4. The summed E-state index contributed by atoms with van der Waals surface area (Å²) in [5, 5.41) is 10.7. The monoisotopic (exact) mass is 541 g/mol. The van der Waals surface area contributed by atoms with Gasteiger partial charge in [-0.15, -0.1) is 0 Å². The van der Waals surface area contributed by atoms with Gasteiger partial charge in [-0.05, 0) is 49.7 Å². The molecular weight excluding hydrogens is 514 g/mol. The molecule has 2 heterocycles. The maximum atomic E-state index is 13.2. The predicted octanol–water partition coefficient (Wildman–Crippen LogP) is 4.37. The van der Waals surface area contributed by atoms with Crippen molar-refractivity contribution in [3.63, 3.8) is 0 Å². The molecule has 0 atom stereocenters. The number of pyridine rings is 1. The quantitative estimate of drug-likeness (QED) is 0.470. The SMILES string of the molecule is COc1ccc(S(=O)(=O)Nc2c(C)nc(N3CCN(c4cccc(Cl)c4)CC3)c(C#N)c2C)cc1OC. The number of sulfonamides is 1. The van der Waals surface area contributed by atoms with E-state index in [2.05, 4.69) is 25.6 Å². The number of methoxy groups -OCH3 is 2. The van der Waals surface area contributed by atoms with Gasteiger partial charge in [0.2, 0.25) is 0 Å². The van der Waals surface area contributed by atoms with Gasteiger partial charge in [-0.3, -0.25) is 4.72 Å². The van der Waals surface area contributed by atoms with Crippen molar-refractivity contribution >= 4 is 38.8 Å². The van der Waals surface area contributed by atoms with Crippen LogP contribution in [-0.4, -0.2) is 53.8 Å². The molecule has 0 bridgehead atoms. The van der Waals surface area contributed by atoms with Crippen molar-refractivity contribution < 1.29 is 17.9 Å². The topological polar surface area (TPSA) is 108 Å². The molecule has 1 saturated heterocycles. The molecule has 9 nitrogen and oxygen atoms in total. The molecule has 2 aromatic carbocycles. The molecule has 0 spiro atoms. The third kappa shape index (κ3) is 5.38. The van der Waals surface area contributed by atoms with E-state index in [1.807, 2.05) is 24.3 Å². The van der Waals surface area contributed by atoms with Crippen LogP contribution in [0.5, 0.6) is 11.5 Å². The van der Waals surface area contributed by atoms with Crippen molar-refractivity contribution in [2.45, 2.75) is 18.7 Å². The number of nitriles is 1. The van der Waals surface area contributed by atoms with Crippen LogP contribution in [-0.2, 0) is 10.0 Å². The summed E-state index contributed by atoms with van der Waals surface area (Å²) in [5.41, 5.74) is 2.67. The molecule has 194 valence electrons. The molecule has 0 amide bonds. The van der Waals surface area contributed by atoms with Gasteiger partial charge in [0, 0.05) is 43.0 Å². The van der Waals surface area contributed by atoms with Crippen LogP contribution in [0.4, 0.5) is 17.2 Å². The minimum absolute atomic E-state index is 0.00340. The Kier molecular flexibility index (Phi) is 7.66. The lowest BCUT2D eigenvalue weighted by Gasteiger charge is -2.37. The van der Waals surface area contributed by atoms with E-state index in [9.17, 15) is 13.7 Å². The molecule has 1 aliphatic rings. The second-order valence-corrected chi connectivity index (χ2v) is 10.7. The van der Waals surface area contributed by atoms with Crippen LogP contribution >= 0.6 is 11.6 Å². The van der Waals surface area contributed by atoms with Crippen molar-refractivity contribution in [1.82, 2.24) is 4.98 Å². The molecule has 1 N–H and O–H groups in total. The Bertz CT molecular complexity index is 1460. The third-order valence-corrected chi connectivity index (χ3v) is 7.96. The summed E-state index contributed by atoms with van der Waals surface area (Å²) < 4.78 is 39.5. The maximum absolute atomic E-state index is 13.2. The van der Waals surface area contributed by atoms with Crippen LogP contribution in [0.2, 0.25) is 5.02 Å². The fraction of sp³-hybridized carbons (Fsp3) is 0.308. The first-order valence-corrected chi connectivity index (χ1v) is 13.5. The minimum atomic E-state index is -3.99. The van der Waals surface area contributed by atoms with E-state index in [1.54, 1.807) is 13.8 Å². The predicted molar refractivity (Wildman–Crippen MR) is 145 cm³/mol. The summed E-state index contributed by atoms with van der Waals surface area (Å²) >= 11 is 6.15. The zero-order valence-corrected chi connectivity index (χ0v) is 22.7. The van der Waals surface area contributed by atoms with Crippen molar-refractivity contribution in [1.29, 1.82) is 5.26 Å². The Hall–Kier alpha value is -3.68. The zero-order valence-electron chi connectivity index (χ0n) is 21.1. The van der Waals surface area contributed by atoms with Crippen LogP contribution < -0.4 is 24.0 Å². The Morgan fingerprint density at radius 1 is 1.00 bits per heavy atom. The Labute approximate surface area is 222 Å². The van der Waals surface area contributed by atoms with Crippen LogP contribution in [0.15, 0.2) is 47.4 Å². The Morgan fingerprint density at radius 2 is 1.68 bits per heavy atom. The molecule has 1 aliphatic heterocycles. The van der Waals surface area contributed by atoms with E-state index in [4.69, 9.17) is 21.1 Å².